The Hall–Kier alpha value is -1.07. The number of anilines is 1. The van der Waals surface area contributed by atoms with Crippen LogP contribution in [0.4, 0.5) is 5.13 Å². The van der Waals surface area contributed by atoms with Gasteiger partial charge in [0.25, 0.3) is 0 Å². The minimum Gasteiger partial charge on any atom is -0.363 e. The second-order valence-electron chi connectivity index (χ2n) is 3.31. The van der Waals surface area contributed by atoms with Crippen LogP contribution in [-0.4, -0.2) is 17.2 Å². The van der Waals surface area contributed by atoms with Crippen molar-refractivity contribution in [1.29, 1.82) is 0 Å². The molecular weight excluding hydrogens is 238 g/mol. The molecule has 16 heavy (non-hydrogen) atoms. The van der Waals surface area contributed by atoms with Crippen molar-refractivity contribution in [3.63, 3.8) is 0 Å². The van der Waals surface area contributed by atoms with Crippen molar-refractivity contribution < 1.29 is 0 Å². The molecule has 1 N–H and O–H groups in total. The Balaban J connectivity index is 1.99. The molecule has 0 aliphatic heterocycles. The van der Waals surface area contributed by atoms with Gasteiger partial charge < -0.3 is 5.32 Å². The Kier molecular flexibility index (Phi) is 3.79. The van der Waals surface area contributed by atoms with Crippen LogP contribution in [0.15, 0.2) is 29.2 Å². The van der Waals surface area contributed by atoms with Gasteiger partial charge in [0, 0.05) is 11.9 Å². The van der Waals surface area contributed by atoms with E-state index in [9.17, 15) is 0 Å². The van der Waals surface area contributed by atoms with Crippen LogP contribution in [0.25, 0.3) is 0 Å². The third kappa shape index (κ3) is 2.74. The van der Waals surface area contributed by atoms with E-state index in [4.69, 9.17) is 0 Å². The predicted molar refractivity (Wildman–Crippen MR) is 70.2 cm³/mol. The largest absolute Gasteiger partial charge is 0.363 e. The first-order valence-electron chi connectivity index (χ1n) is 4.98. The summed E-state index contributed by atoms with van der Waals surface area (Å²) in [5, 5.41) is 13.1. The van der Waals surface area contributed by atoms with E-state index in [-0.39, 0.29) is 0 Å². The number of nitrogens with one attached hydrogen (secondary N) is 1. The van der Waals surface area contributed by atoms with Crippen molar-refractivity contribution in [3.05, 3.63) is 34.8 Å². The lowest BCUT2D eigenvalue weighted by molar-refractivity contribution is 1.04. The molecule has 0 atom stereocenters. The Bertz CT molecular complexity index is 468. The molecule has 0 radical (unpaired) electrons. The number of rotatable bonds is 4. The smallest absolute Gasteiger partial charge is 0.205 e. The Morgan fingerprint density at radius 1 is 1.31 bits per heavy atom. The monoisotopic (exact) mass is 251 g/mol. The highest BCUT2D eigenvalue weighted by Gasteiger charge is 2.04. The molecule has 1 aromatic carbocycles. The highest BCUT2D eigenvalue weighted by Crippen LogP contribution is 2.27. The van der Waals surface area contributed by atoms with E-state index in [1.54, 1.807) is 23.1 Å². The van der Waals surface area contributed by atoms with E-state index in [0.717, 1.165) is 15.9 Å². The summed E-state index contributed by atoms with van der Waals surface area (Å²) in [6.07, 6.45) is 0. The van der Waals surface area contributed by atoms with E-state index < -0.39 is 0 Å². The zero-order valence-electron chi connectivity index (χ0n) is 9.23. The molecule has 0 saturated heterocycles. The zero-order chi connectivity index (χ0) is 11.4. The molecule has 2 aromatic rings. The summed E-state index contributed by atoms with van der Waals surface area (Å²) in [5.74, 6) is 0.879. The molecule has 5 heteroatoms. The van der Waals surface area contributed by atoms with Crippen LogP contribution in [0.2, 0.25) is 0 Å². The van der Waals surface area contributed by atoms with Crippen LogP contribution < -0.4 is 5.32 Å². The standard InChI is InChI=1S/C11H13N3S2/c1-8-5-3-4-6-9(8)15-7-10-13-14-11(12-2)16-10/h3-6H,7H2,1-2H3,(H,12,14). The van der Waals surface area contributed by atoms with Crippen molar-refractivity contribution in [2.75, 3.05) is 12.4 Å². The molecule has 0 aliphatic rings. The van der Waals surface area contributed by atoms with E-state index in [1.807, 2.05) is 7.05 Å². The van der Waals surface area contributed by atoms with Crippen molar-refractivity contribution in [2.24, 2.45) is 0 Å². The maximum Gasteiger partial charge on any atom is 0.205 e. The molecule has 0 amide bonds. The van der Waals surface area contributed by atoms with Gasteiger partial charge in [0.05, 0.1) is 5.75 Å². The third-order valence-electron chi connectivity index (χ3n) is 2.13. The van der Waals surface area contributed by atoms with Gasteiger partial charge in [0.2, 0.25) is 5.13 Å². The first-order chi connectivity index (χ1) is 7.79. The van der Waals surface area contributed by atoms with E-state index in [0.29, 0.717) is 0 Å². The van der Waals surface area contributed by atoms with Crippen molar-refractivity contribution >= 4 is 28.2 Å². The molecule has 0 bridgehead atoms. The Labute approximate surface area is 103 Å². The topological polar surface area (TPSA) is 37.8 Å². The van der Waals surface area contributed by atoms with Gasteiger partial charge in [-0.15, -0.1) is 22.0 Å². The number of hydrogen-bond acceptors (Lipinski definition) is 5. The van der Waals surface area contributed by atoms with Gasteiger partial charge in [-0.05, 0) is 18.6 Å². The zero-order valence-corrected chi connectivity index (χ0v) is 10.9. The lowest BCUT2D eigenvalue weighted by Crippen LogP contribution is -1.84. The van der Waals surface area contributed by atoms with Crippen LogP contribution in [-0.2, 0) is 5.75 Å². The number of aromatic nitrogens is 2. The summed E-state index contributed by atoms with van der Waals surface area (Å²) in [4.78, 5) is 1.31. The van der Waals surface area contributed by atoms with Crippen molar-refractivity contribution in [2.45, 2.75) is 17.6 Å². The second-order valence-corrected chi connectivity index (χ2v) is 5.38. The van der Waals surface area contributed by atoms with Crippen molar-refractivity contribution in [3.8, 4) is 0 Å². The molecule has 0 unspecified atom stereocenters. The summed E-state index contributed by atoms with van der Waals surface area (Å²) in [7, 11) is 1.86. The molecule has 2 rings (SSSR count). The third-order valence-corrected chi connectivity index (χ3v) is 4.44. The number of nitrogens with zero attached hydrogens (tertiary/aromatic N) is 2. The maximum absolute atomic E-state index is 4.12. The molecule has 84 valence electrons. The first-order valence-corrected chi connectivity index (χ1v) is 6.78. The van der Waals surface area contributed by atoms with Crippen LogP contribution >= 0.6 is 23.1 Å². The van der Waals surface area contributed by atoms with Crippen LogP contribution in [0.1, 0.15) is 10.6 Å². The minimum atomic E-state index is 0.875. The summed E-state index contributed by atoms with van der Waals surface area (Å²) in [5.41, 5.74) is 1.31. The van der Waals surface area contributed by atoms with Gasteiger partial charge >= 0.3 is 0 Å². The summed E-state index contributed by atoms with van der Waals surface area (Å²) in [6, 6.07) is 8.39. The van der Waals surface area contributed by atoms with E-state index >= 15 is 0 Å². The lowest BCUT2D eigenvalue weighted by atomic mass is 10.2. The first kappa shape index (κ1) is 11.4. The maximum atomic E-state index is 4.12. The molecule has 1 aromatic heterocycles. The fourth-order valence-corrected chi connectivity index (χ4v) is 2.98. The predicted octanol–water partition coefficient (Wildman–Crippen LogP) is 3.18. The van der Waals surface area contributed by atoms with E-state index in [2.05, 4.69) is 46.7 Å². The summed E-state index contributed by atoms with van der Waals surface area (Å²) >= 11 is 3.41. The normalized spacial score (nSPS) is 10.4. The fraction of sp³-hybridized carbons (Fsp3) is 0.273. The molecule has 3 nitrogen and oxygen atoms in total. The van der Waals surface area contributed by atoms with E-state index in [1.165, 1.54) is 10.5 Å². The number of thioether (sulfide) groups is 1. The van der Waals surface area contributed by atoms with Gasteiger partial charge in [-0.1, -0.05) is 29.5 Å². The van der Waals surface area contributed by atoms with Gasteiger partial charge in [-0.25, -0.2) is 0 Å². The molecule has 0 spiro atoms. The van der Waals surface area contributed by atoms with Crippen LogP contribution in [0.5, 0.6) is 0 Å². The van der Waals surface area contributed by atoms with Gasteiger partial charge in [-0.3, -0.25) is 0 Å². The number of aryl methyl sites for hydroxylation is 1. The van der Waals surface area contributed by atoms with Crippen molar-refractivity contribution in [1.82, 2.24) is 10.2 Å². The average molecular weight is 251 g/mol. The van der Waals surface area contributed by atoms with Gasteiger partial charge in [0.15, 0.2) is 0 Å². The highest BCUT2D eigenvalue weighted by molar-refractivity contribution is 7.98. The quantitative estimate of drug-likeness (QED) is 0.847. The average Bonchev–Trinajstić information content (AvgIpc) is 2.76. The highest BCUT2D eigenvalue weighted by atomic mass is 32.2. The van der Waals surface area contributed by atoms with Crippen LogP contribution in [0, 0.1) is 6.92 Å². The molecule has 1 heterocycles. The number of hydrogen-bond donors (Lipinski definition) is 1. The van der Waals surface area contributed by atoms with Crippen LogP contribution in [0.3, 0.4) is 0 Å². The van der Waals surface area contributed by atoms with Gasteiger partial charge in [-0.2, -0.15) is 0 Å². The Morgan fingerprint density at radius 2 is 2.12 bits per heavy atom. The molecular formula is C11H13N3S2. The fourth-order valence-electron chi connectivity index (χ4n) is 1.27. The summed E-state index contributed by atoms with van der Waals surface area (Å²) in [6.45, 7) is 2.13. The SMILES string of the molecule is CNc1nnc(CSc2ccccc2C)s1. The molecule has 0 saturated carbocycles. The summed E-state index contributed by atoms with van der Waals surface area (Å²) < 4.78 is 0. The Morgan fingerprint density at radius 3 is 2.81 bits per heavy atom. The number of benzene rings is 1. The molecule has 0 fully saturated rings. The van der Waals surface area contributed by atoms with Gasteiger partial charge in [0.1, 0.15) is 5.01 Å². The minimum absolute atomic E-state index is 0.875. The lowest BCUT2D eigenvalue weighted by Gasteiger charge is -2.02. The second kappa shape index (κ2) is 5.32. The molecule has 0 aliphatic carbocycles.